The van der Waals surface area contributed by atoms with E-state index in [0.717, 1.165) is 6.07 Å². The monoisotopic (exact) mass is 330 g/mol. The molecule has 0 spiro atoms. The molecule has 22 heavy (non-hydrogen) atoms. The summed E-state index contributed by atoms with van der Waals surface area (Å²) in [6, 6.07) is 2.18. The van der Waals surface area contributed by atoms with Crippen LogP contribution in [0.25, 0.3) is 0 Å². The zero-order valence-electron chi connectivity index (χ0n) is 11.6. The summed E-state index contributed by atoms with van der Waals surface area (Å²) in [5.41, 5.74) is 1.35. The van der Waals surface area contributed by atoms with Crippen molar-refractivity contribution in [3.63, 3.8) is 0 Å². The zero-order valence-corrected chi connectivity index (χ0v) is 12.4. The fourth-order valence-electron chi connectivity index (χ4n) is 1.73. The number of carbonyl (C=O) groups is 1. The van der Waals surface area contributed by atoms with Gasteiger partial charge in [0.15, 0.2) is 0 Å². The molecular formula is C13H13F3N4OS. The van der Waals surface area contributed by atoms with Gasteiger partial charge in [0.05, 0.1) is 16.8 Å². The van der Waals surface area contributed by atoms with Crippen LogP contribution in [0, 0.1) is 6.92 Å². The summed E-state index contributed by atoms with van der Waals surface area (Å²) >= 11 is 1.21. The average molecular weight is 330 g/mol. The van der Waals surface area contributed by atoms with E-state index in [4.69, 9.17) is 0 Å². The van der Waals surface area contributed by atoms with Crippen LogP contribution in [-0.2, 0) is 6.18 Å². The first-order valence-corrected chi connectivity index (χ1v) is 7.22. The Morgan fingerprint density at radius 1 is 1.32 bits per heavy atom. The van der Waals surface area contributed by atoms with Crippen LogP contribution in [0.2, 0.25) is 0 Å². The van der Waals surface area contributed by atoms with Gasteiger partial charge in [-0.05, 0) is 19.1 Å². The molecule has 0 unspecified atom stereocenters. The van der Waals surface area contributed by atoms with E-state index in [1.807, 2.05) is 0 Å². The summed E-state index contributed by atoms with van der Waals surface area (Å²) in [5, 5.41) is 5.19. The third-order valence-corrected chi connectivity index (χ3v) is 3.70. The molecule has 0 atom stereocenters. The number of anilines is 1. The van der Waals surface area contributed by atoms with Gasteiger partial charge in [0.1, 0.15) is 10.7 Å². The molecule has 2 aromatic heterocycles. The van der Waals surface area contributed by atoms with E-state index in [-0.39, 0.29) is 24.8 Å². The lowest BCUT2D eigenvalue weighted by Crippen LogP contribution is -2.29. The lowest BCUT2D eigenvalue weighted by Gasteiger charge is -2.13. The molecule has 0 aliphatic heterocycles. The largest absolute Gasteiger partial charge is 0.419 e. The summed E-state index contributed by atoms with van der Waals surface area (Å²) < 4.78 is 38.3. The SMILES string of the molecule is Cc1ncsc1C(=O)NCCNc1ncccc1C(F)(F)F. The number of hydrogen-bond donors (Lipinski definition) is 2. The molecular weight excluding hydrogens is 317 g/mol. The highest BCUT2D eigenvalue weighted by molar-refractivity contribution is 7.11. The van der Waals surface area contributed by atoms with Crippen LogP contribution in [-0.4, -0.2) is 29.0 Å². The van der Waals surface area contributed by atoms with Crippen molar-refractivity contribution in [3.05, 3.63) is 40.0 Å². The molecule has 0 saturated carbocycles. The molecule has 0 saturated heterocycles. The van der Waals surface area contributed by atoms with Crippen LogP contribution < -0.4 is 10.6 Å². The minimum Gasteiger partial charge on any atom is -0.368 e. The van der Waals surface area contributed by atoms with Gasteiger partial charge in [-0.15, -0.1) is 11.3 Å². The van der Waals surface area contributed by atoms with E-state index in [9.17, 15) is 18.0 Å². The summed E-state index contributed by atoms with van der Waals surface area (Å²) in [6.07, 6.45) is -3.20. The Labute approximate surface area is 128 Å². The molecule has 0 bridgehead atoms. The summed E-state index contributed by atoms with van der Waals surface area (Å²) in [6.45, 7) is 2.01. The van der Waals surface area contributed by atoms with Crippen molar-refractivity contribution >= 4 is 23.1 Å². The lowest BCUT2D eigenvalue weighted by molar-refractivity contribution is -0.137. The van der Waals surface area contributed by atoms with Crippen molar-refractivity contribution in [2.75, 3.05) is 18.4 Å². The second-order valence-corrected chi connectivity index (χ2v) is 5.20. The summed E-state index contributed by atoms with van der Waals surface area (Å²) in [5.74, 6) is -0.544. The molecule has 0 radical (unpaired) electrons. The van der Waals surface area contributed by atoms with Crippen LogP contribution in [0.1, 0.15) is 20.9 Å². The Bertz CT molecular complexity index is 657. The van der Waals surface area contributed by atoms with E-state index < -0.39 is 11.7 Å². The van der Waals surface area contributed by atoms with Crippen molar-refractivity contribution in [2.45, 2.75) is 13.1 Å². The van der Waals surface area contributed by atoms with Gasteiger partial charge in [-0.2, -0.15) is 13.2 Å². The minimum absolute atomic E-state index is 0.129. The molecule has 5 nitrogen and oxygen atoms in total. The van der Waals surface area contributed by atoms with Crippen LogP contribution in [0.15, 0.2) is 23.8 Å². The second kappa shape index (κ2) is 6.73. The van der Waals surface area contributed by atoms with Crippen LogP contribution in [0.4, 0.5) is 19.0 Å². The number of thiazole rings is 1. The van der Waals surface area contributed by atoms with Gasteiger partial charge in [-0.3, -0.25) is 4.79 Å². The molecule has 118 valence electrons. The number of pyridine rings is 1. The Hall–Kier alpha value is -2.16. The minimum atomic E-state index is -4.47. The number of rotatable bonds is 5. The van der Waals surface area contributed by atoms with E-state index in [0.29, 0.717) is 10.6 Å². The predicted octanol–water partition coefficient (Wildman–Crippen LogP) is 2.71. The van der Waals surface area contributed by atoms with Gasteiger partial charge in [0, 0.05) is 19.3 Å². The lowest BCUT2D eigenvalue weighted by atomic mass is 10.2. The number of halogens is 3. The maximum absolute atomic E-state index is 12.8. The van der Waals surface area contributed by atoms with Crippen LogP contribution >= 0.6 is 11.3 Å². The van der Waals surface area contributed by atoms with Crippen molar-refractivity contribution in [3.8, 4) is 0 Å². The van der Waals surface area contributed by atoms with Gasteiger partial charge < -0.3 is 10.6 Å². The number of alkyl halides is 3. The Balaban J connectivity index is 1.88. The number of nitrogens with zero attached hydrogens (tertiary/aromatic N) is 2. The van der Waals surface area contributed by atoms with E-state index in [1.165, 1.54) is 23.6 Å². The third kappa shape index (κ3) is 3.94. The predicted molar refractivity (Wildman–Crippen MR) is 76.9 cm³/mol. The standard InChI is InChI=1S/C13H13F3N4OS/c1-8-10(22-7-20-8)12(21)19-6-5-18-11-9(13(14,15)16)3-2-4-17-11/h2-4,7H,5-6H2,1H3,(H,17,18)(H,19,21). The van der Waals surface area contributed by atoms with E-state index >= 15 is 0 Å². The van der Waals surface area contributed by atoms with Crippen LogP contribution in [0.5, 0.6) is 0 Å². The Kier molecular flexibility index (Phi) is 4.96. The molecule has 2 heterocycles. The van der Waals surface area contributed by atoms with Gasteiger partial charge in [-0.1, -0.05) is 0 Å². The van der Waals surface area contributed by atoms with Gasteiger partial charge in [0.25, 0.3) is 5.91 Å². The average Bonchev–Trinajstić information content (AvgIpc) is 2.89. The fraction of sp³-hybridized carbons (Fsp3) is 0.308. The third-order valence-electron chi connectivity index (χ3n) is 2.77. The summed E-state index contributed by atoms with van der Waals surface area (Å²) in [4.78, 5) is 19.9. The normalized spacial score (nSPS) is 11.3. The molecule has 2 N–H and O–H groups in total. The number of nitrogens with one attached hydrogen (secondary N) is 2. The first kappa shape index (κ1) is 16.2. The molecule has 0 fully saturated rings. The fourth-order valence-corrected chi connectivity index (χ4v) is 2.45. The van der Waals surface area contributed by atoms with Crippen molar-refractivity contribution < 1.29 is 18.0 Å². The number of amides is 1. The van der Waals surface area contributed by atoms with E-state index in [1.54, 1.807) is 12.4 Å². The maximum atomic E-state index is 12.8. The number of aromatic nitrogens is 2. The zero-order chi connectivity index (χ0) is 16.2. The summed E-state index contributed by atoms with van der Waals surface area (Å²) in [7, 11) is 0. The molecule has 0 aromatic carbocycles. The topological polar surface area (TPSA) is 66.9 Å². The molecule has 2 rings (SSSR count). The first-order valence-electron chi connectivity index (χ1n) is 6.34. The molecule has 9 heteroatoms. The van der Waals surface area contributed by atoms with Gasteiger partial charge >= 0.3 is 6.18 Å². The first-order chi connectivity index (χ1) is 10.4. The van der Waals surface area contributed by atoms with Crippen molar-refractivity contribution in [1.29, 1.82) is 0 Å². The quantitative estimate of drug-likeness (QED) is 0.827. The maximum Gasteiger partial charge on any atom is 0.419 e. The molecule has 0 aliphatic carbocycles. The molecule has 1 amide bonds. The van der Waals surface area contributed by atoms with Crippen molar-refractivity contribution in [1.82, 2.24) is 15.3 Å². The van der Waals surface area contributed by atoms with E-state index in [2.05, 4.69) is 20.6 Å². The van der Waals surface area contributed by atoms with Gasteiger partial charge in [0.2, 0.25) is 0 Å². The highest BCUT2D eigenvalue weighted by atomic mass is 32.1. The van der Waals surface area contributed by atoms with Crippen LogP contribution in [0.3, 0.4) is 0 Å². The number of hydrogen-bond acceptors (Lipinski definition) is 5. The Morgan fingerprint density at radius 2 is 2.09 bits per heavy atom. The molecule has 2 aromatic rings. The van der Waals surface area contributed by atoms with Gasteiger partial charge in [-0.25, -0.2) is 9.97 Å². The highest BCUT2D eigenvalue weighted by Gasteiger charge is 2.33. The number of carbonyl (C=O) groups excluding carboxylic acids is 1. The Morgan fingerprint density at radius 3 is 2.73 bits per heavy atom. The number of aryl methyl sites for hydroxylation is 1. The van der Waals surface area contributed by atoms with Crippen molar-refractivity contribution in [2.24, 2.45) is 0 Å². The smallest absolute Gasteiger partial charge is 0.368 e. The highest BCUT2D eigenvalue weighted by Crippen LogP contribution is 2.33. The second-order valence-electron chi connectivity index (χ2n) is 4.35. The molecule has 0 aliphatic rings.